The molecule has 3 nitrogen and oxygen atoms in total. The normalized spacial score (nSPS) is 13.8. The van der Waals surface area contributed by atoms with Gasteiger partial charge in [-0.15, -0.1) is 11.3 Å². The lowest BCUT2D eigenvalue weighted by atomic mass is 10.1. The van der Waals surface area contributed by atoms with Crippen molar-refractivity contribution in [2.24, 2.45) is 0 Å². The van der Waals surface area contributed by atoms with Gasteiger partial charge in [0.05, 0.1) is 10.7 Å². The van der Waals surface area contributed by atoms with Gasteiger partial charge in [0, 0.05) is 10.9 Å². The van der Waals surface area contributed by atoms with Crippen molar-refractivity contribution in [2.75, 3.05) is 13.2 Å². The second-order valence-electron chi connectivity index (χ2n) is 3.61. The zero-order chi connectivity index (χ0) is 11.0. The molecule has 3 rings (SSSR count). The van der Waals surface area contributed by atoms with Crippen LogP contribution in [0, 0.1) is 6.92 Å². The van der Waals surface area contributed by atoms with Crippen molar-refractivity contribution >= 4 is 11.3 Å². The Kier molecular flexibility index (Phi) is 2.29. The fraction of sp³-hybridized carbons (Fsp3) is 0.250. The summed E-state index contributed by atoms with van der Waals surface area (Å²) in [6, 6.07) is 5.95. The zero-order valence-electron chi connectivity index (χ0n) is 8.90. The lowest BCUT2D eigenvalue weighted by Crippen LogP contribution is -2.15. The smallest absolute Gasteiger partial charge is 0.162 e. The van der Waals surface area contributed by atoms with Gasteiger partial charge in [0.25, 0.3) is 0 Å². The molecule has 0 spiro atoms. The van der Waals surface area contributed by atoms with Gasteiger partial charge < -0.3 is 9.47 Å². The minimum absolute atomic E-state index is 0.618. The number of hydrogen-bond acceptors (Lipinski definition) is 4. The largest absolute Gasteiger partial charge is 0.486 e. The van der Waals surface area contributed by atoms with Gasteiger partial charge in [-0.2, -0.15) is 0 Å². The maximum atomic E-state index is 5.54. The molecule has 0 amide bonds. The summed E-state index contributed by atoms with van der Waals surface area (Å²) in [5.41, 5.74) is 2.08. The molecule has 0 saturated carbocycles. The van der Waals surface area contributed by atoms with Crippen LogP contribution in [0.4, 0.5) is 0 Å². The molecule has 2 aromatic rings. The van der Waals surface area contributed by atoms with Crippen LogP contribution in [0.2, 0.25) is 0 Å². The van der Waals surface area contributed by atoms with E-state index >= 15 is 0 Å². The van der Waals surface area contributed by atoms with E-state index in [0.717, 1.165) is 27.8 Å². The molecule has 0 saturated heterocycles. The molecule has 1 aromatic carbocycles. The summed E-state index contributed by atoms with van der Waals surface area (Å²) in [6.07, 6.45) is 0. The maximum Gasteiger partial charge on any atom is 0.162 e. The van der Waals surface area contributed by atoms with Gasteiger partial charge in [-0.1, -0.05) is 0 Å². The van der Waals surface area contributed by atoms with Crippen LogP contribution >= 0.6 is 11.3 Å². The monoisotopic (exact) mass is 233 g/mol. The highest BCUT2D eigenvalue weighted by atomic mass is 32.1. The number of nitrogens with zero attached hydrogens (tertiary/aromatic N) is 1. The van der Waals surface area contributed by atoms with E-state index in [9.17, 15) is 0 Å². The topological polar surface area (TPSA) is 31.4 Å². The summed E-state index contributed by atoms with van der Waals surface area (Å²) in [4.78, 5) is 4.45. The predicted octanol–water partition coefficient (Wildman–Crippen LogP) is 2.89. The Bertz CT molecular complexity index is 521. The molecule has 1 aromatic heterocycles. The van der Waals surface area contributed by atoms with E-state index in [1.165, 1.54) is 0 Å². The van der Waals surface area contributed by atoms with Crippen molar-refractivity contribution in [3.8, 4) is 22.8 Å². The molecule has 0 bridgehead atoms. The number of hydrogen-bond donors (Lipinski definition) is 0. The summed E-state index contributed by atoms with van der Waals surface area (Å²) in [7, 11) is 0. The van der Waals surface area contributed by atoms with E-state index in [0.29, 0.717) is 13.2 Å². The third kappa shape index (κ3) is 1.65. The van der Waals surface area contributed by atoms with Crippen molar-refractivity contribution < 1.29 is 9.47 Å². The van der Waals surface area contributed by atoms with Crippen molar-refractivity contribution in [2.45, 2.75) is 6.92 Å². The van der Waals surface area contributed by atoms with Gasteiger partial charge in [0.2, 0.25) is 0 Å². The molecular weight excluding hydrogens is 222 g/mol. The third-order valence-electron chi connectivity index (χ3n) is 2.46. The molecule has 0 N–H and O–H groups in total. The van der Waals surface area contributed by atoms with E-state index < -0.39 is 0 Å². The first-order chi connectivity index (χ1) is 7.83. The van der Waals surface area contributed by atoms with Crippen molar-refractivity contribution in [1.82, 2.24) is 4.98 Å². The van der Waals surface area contributed by atoms with Crippen LogP contribution in [0.5, 0.6) is 11.5 Å². The Balaban J connectivity index is 2.02. The summed E-state index contributed by atoms with van der Waals surface area (Å²) in [6.45, 7) is 3.25. The number of ether oxygens (including phenoxy) is 2. The van der Waals surface area contributed by atoms with Crippen LogP contribution in [0.25, 0.3) is 11.3 Å². The molecule has 0 radical (unpaired) electrons. The molecule has 82 valence electrons. The van der Waals surface area contributed by atoms with E-state index in [4.69, 9.17) is 9.47 Å². The summed E-state index contributed by atoms with van der Waals surface area (Å²) >= 11 is 1.65. The van der Waals surface area contributed by atoms with Crippen LogP contribution in [0.3, 0.4) is 0 Å². The van der Waals surface area contributed by atoms with E-state index in [1.54, 1.807) is 11.3 Å². The van der Waals surface area contributed by atoms with Gasteiger partial charge in [0.1, 0.15) is 13.2 Å². The Labute approximate surface area is 97.7 Å². The first kappa shape index (κ1) is 9.66. The summed E-state index contributed by atoms with van der Waals surface area (Å²) < 4.78 is 11.0. The average molecular weight is 233 g/mol. The Hall–Kier alpha value is -1.55. The number of rotatable bonds is 1. The first-order valence-corrected chi connectivity index (χ1v) is 6.03. The van der Waals surface area contributed by atoms with Crippen molar-refractivity contribution in [1.29, 1.82) is 0 Å². The van der Waals surface area contributed by atoms with E-state index in [1.807, 2.05) is 25.1 Å². The fourth-order valence-corrected chi connectivity index (χ4v) is 2.32. The molecule has 0 aliphatic carbocycles. The molecule has 0 fully saturated rings. The molecule has 1 aliphatic heterocycles. The van der Waals surface area contributed by atoms with Crippen LogP contribution in [-0.2, 0) is 0 Å². The van der Waals surface area contributed by atoms with Crippen LogP contribution in [0.15, 0.2) is 23.6 Å². The fourth-order valence-electron chi connectivity index (χ4n) is 1.70. The summed E-state index contributed by atoms with van der Waals surface area (Å²) in [5.74, 6) is 1.64. The average Bonchev–Trinajstić information content (AvgIpc) is 2.75. The van der Waals surface area contributed by atoms with E-state index in [-0.39, 0.29) is 0 Å². The highest BCUT2D eigenvalue weighted by Crippen LogP contribution is 2.34. The van der Waals surface area contributed by atoms with Gasteiger partial charge in [-0.25, -0.2) is 4.98 Å². The molecular formula is C12H11NO2S. The van der Waals surface area contributed by atoms with Crippen LogP contribution < -0.4 is 9.47 Å². The first-order valence-electron chi connectivity index (χ1n) is 5.15. The number of benzene rings is 1. The van der Waals surface area contributed by atoms with Crippen LogP contribution in [0.1, 0.15) is 5.01 Å². The predicted molar refractivity (Wildman–Crippen MR) is 63.3 cm³/mol. The SMILES string of the molecule is Cc1nc(-c2ccc3c(c2)OCCO3)cs1. The standard InChI is InChI=1S/C12H11NO2S/c1-8-13-10(7-16-8)9-2-3-11-12(6-9)15-5-4-14-11/h2-3,6-7H,4-5H2,1H3. The Morgan fingerprint density at radius 1 is 1.19 bits per heavy atom. The summed E-state index contributed by atoms with van der Waals surface area (Å²) in [5, 5.41) is 3.13. The second kappa shape index (κ2) is 3.79. The number of aryl methyl sites for hydroxylation is 1. The number of fused-ring (bicyclic) bond motifs is 1. The highest BCUT2D eigenvalue weighted by Gasteiger charge is 2.13. The quantitative estimate of drug-likeness (QED) is 0.759. The van der Waals surface area contributed by atoms with Gasteiger partial charge in [0.15, 0.2) is 11.5 Å². The lowest BCUT2D eigenvalue weighted by molar-refractivity contribution is 0.171. The van der Waals surface area contributed by atoms with Gasteiger partial charge in [-0.3, -0.25) is 0 Å². The van der Waals surface area contributed by atoms with Gasteiger partial charge in [-0.05, 0) is 25.1 Å². The molecule has 16 heavy (non-hydrogen) atoms. The number of aromatic nitrogens is 1. The maximum absolute atomic E-state index is 5.54. The number of thiazole rings is 1. The molecule has 0 unspecified atom stereocenters. The molecule has 1 aliphatic rings. The van der Waals surface area contributed by atoms with Crippen molar-refractivity contribution in [3.05, 3.63) is 28.6 Å². The van der Waals surface area contributed by atoms with Crippen LogP contribution in [-0.4, -0.2) is 18.2 Å². The second-order valence-corrected chi connectivity index (χ2v) is 4.67. The molecule has 0 atom stereocenters. The third-order valence-corrected chi connectivity index (χ3v) is 3.23. The highest BCUT2D eigenvalue weighted by molar-refractivity contribution is 7.09. The minimum atomic E-state index is 0.618. The Morgan fingerprint density at radius 2 is 2.00 bits per heavy atom. The Morgan fingerprint density at radius 3 is 2.75 bits per heavy atom. The van der Waals surface area contributed by atoms with E-state index in [2.05, 4.69) is 10.4 Å². The molecule has 2 heterocycles. The van der Waals surface area contributed by atoms with Crippen molar-refractivity contribution in [3.63, 3.8) is 0 Å². The zero-order valence-corrected chi connectivity index (χ0v) is 9.71. The van der Waals surface area contributed by atoms with Gasteiger partial charge >= 0.3 is 0 Å². The molecule has 4 heteroatoms. The lowest BCUT2D eigenvalue weighted by Gasteiger charge is -2.18. The minimum Gasteiger partial charge on any atom is -0.486 e.